The molecular formula is C12H14N2O3. The predicted molar refractivity (Wildman–Crippen MR) is 62.4 cm³/mol. The van der Waals surface area contributed by atoms with Crippen molar-refractivity contribution in [3.63, 3.8) is 0 Å². The summed E-state index contributed by atoms with van der Waals surface area (Å²) in [4.78, 5) is 10.5. The largest absolute Gasteiger partial charge is 0.492 e. The number of nitro groups is 1. The fraction of sp³-hybridized carbons (Fsp3) is 0.500. The van der Waals surface area contributed by atoms with E-state index in [4.69, 9.17) is 4.74 Å². The molecule has 2 aliphatic heterocycles. The smallest absolute Gasteiger partial charge is 0.269 e. The van der Waals surface area contributed by atoms with Gasteiger partial charge in [-0.05, 0) is 32.0 Å². The van der Waals surface area contributed by atoms with Gasteiger partial charge in [-0.15, -0.1) is 0 Å². The lowest BCUT2D eigenvalue weighted by atomic mass is 9.75. The zero-order valence-corrected chi connectivity index (χ0v) is 9.44. The highest BCUT2D eigenvalue weighted by Gasteiger charge is 2.42. The number of non-ortho nitro benzene ring substituents is 1. The van der Waals surface area contributed by atoms with Crippen LogP contribution in [0.2, 0.25) is 0 Å². The summed E-state index contributed by atoms with van der Waals surface area (Å²) >= 11 is 0. The second-order valence-corrected chi connectivity index (χ2v) is 4.76. The van der Waals surface area contributed by atoms with E-state index in [0.717, 1.165) is 37.2 Å². The number of benzene rings is 1. The Balaban J connectivity index is 2.04. The molecule has 1 N–H and O–H groups in total. The summed E-state index contributed by atoms with van der Waals surface area (Å²) in [5.41, 5.74) is 1.17. The normalized spacial score (nSPS) is 20.9. The van der Waals surface area contributed by atoms with E-state index >= 15 is 0 Å². The van der Waals surface area contributed by atoms with Crippen molar-refractivity contribution in [2.75, 3.05) is 19.7 Å². The third-order valence-electron chi connectivity index (χ3n) is 3.81. The molecule has 90 valence electrons. The van der Waals surface area contributed by atoms with E-state index in [1.807, 2.05) is 0 Å². The molecule has 1 fully saturated rings. The molecule has 0 saturated carbocycles. The van der Waals surface area contributed by atoms with Crippen LogP contribution in [0.15, 0.2) is 18.2 Å². The average molecular weight is 234 g/mol. The molecule has 0 amide bonds. The van der Waals surface area contributed by atoms with Gasteiger partial charge in [0.1, 0.15) is 5.75 Å². The van der Waals surface area contributed by atoms with Gasteiger partial charge in [-0.1, -0.05) is 0 Å². The van der Waals surface area contributed by atoms with E-state index in [2.05, 4.69) is 5.32 Å². The maximum absolute atomic E-state index is 10.8. The molecule has 1 spiro atoms. The number of rotatable bonds is 1. The van der Waals surface area contributed by atoms with Crippen LogP contribution >= 0.6 is 0 Å². The molecule has 3 rings (SSSR count). The number of nitrogens with one attached hydrogen (secondary N) is 1. The highest BCUT2D eigenvalue weighted by molar-refractivity contribution is 5.50. The summed E-state index contributed by atoms with van der Waals surface area (Å²) in [5.74, 6) is 0.817. The van der Waals surface area contributed by atoms with Gasteiger partial charge >= 0.3 is 0 Å². The lowest BCUT2D eigenvalue weighted by molar-refractivity contribution is -0.385. The van der Waals surface area contributed by atoms with Crippen LogP contribution in [0.3, 0.4) is 0 Å². The third kappa shape index (κ3) is 1.58. The summed E-state index contributed by atoms with van der Waals surface area (Å²) in [7, 11) is 0. The summed E-state index contributed by atoms with van der Waals surface area (Å²) in [6, 6.07) is 4.93. The maximum atomic E-state index is 10.8. The van der Waals surface area contributed by atoms with Gasteiger partial charge in [0.15, 0.2) is 0 Å². The molecule has 0 atom stereocenters. The van der Waals surface area contributed by atoms with Gasteiger partial charge in [0.05, 0.1) is 11.5 Å². The standard InChI is InChI=1S/C12H14N2O3/c15-14(16)9-1-2-11-10(7-9)12(8-17-11)3-5-13-6-4-12/h1-2,7,13H,3-6,8H2. The van der Waals surface area contributed by atoms with Crippen molar-refractivity contribution in [1.82, 2.24) is 5.32 Å². The van der Waals surface area contributed by atoms with Crippen LogP contribution in [0, 0.1) is 10.1 Å². The van der Waals surface area contributed by atoms with Crippen molar-refractivity contribution in [2.45, 2.75) is 18.3 Å². The number of hydrogen-bond donors (Lipinski definition) is 1. The average Bonchev–Trinajstić information content (AvgIpc) is 2.69. The van der Waals surface area contributed by atoms with E-state index in [1.165, 1.54) is 6.07 Å². The van der Waals surface area contributed by atoms with Crippen molar-refractivity contribution in [2.24, 2.45) is 0 Å². The van der Waals surface area contributed by atoms with Crippen molar-refractivity contribution in [3.8, 4) is 5.75 Å². The number of nitro benzene ring substituents is 1. The molecule has 0 unspecified atom stereocenters. The molecule has 17 heavy (non-hydrogen) atoms. The molecule has 5 nitrogen and oxygen atoms in total. The highest BCUT2D eigenvalue weighted by Crippen LogP contribution is 2.45. The minimum atomic E-state index is -0.340. The van der Waals surface area contributed by atoms with Gasteiger partial charge in [0.25, 0.3) is 5.69 Å². The Morgan fingerprint density at radius 2 is 2.12 bits per heavy atom. The molecule has 1 aromatic carbocycles. The first-order chi connectivity index (χ1) is 8.21. The van der Waals surface area contributed by atoms with E-state index in [0.29, 0.717) is 6.61 Å². The SMILES string of the molecule is O=[N+]([O-])c1ccc2c(c1)C1(CCNCC1)CO2. The predicted octanol–water partition coefficient (Wildman–Crippen LogP) is 1.61. The maximum Gasteiger partial charge on any atom is 0.269 e. The summed E-state index contributed by atoms with van der Waals surface area (Å²) in [6.07, 6.45) is 1.97. The minimum absolute atomic E-state index is 0.00734. The third-order valence-corrected chi connectivity index (χ3v) is 3.81. The van der Waals surface area contributed by atoms with Gasteiger partial charge in [-0.2, -0.15) is 0 Å². The first-order valence-electron chi connectivity index (χ1n) is 5.84. The van der Waals surface area contributed by atoms with Crippen molar-refractivity contribution in [1.29, 1.82) is 0 Å². The van der Waals surface area contributed by atoms with Gasteiger partial charge in [-0.3, -0.25) is 10.1 Å². The lowest BCUT2D eigenvalue weighted by Gasteiger charge is -2.32. The molecule has 5 heteroatoms. The Morgan fingerprint density at radius 3 is 2.82 bits per heavy atom. The Kier molecular flexibility index (Phi) is 2.29. The number of ether oxygens (including phenoxy) is 1. The van der Waals surface area contributed by atoms with Crippen LogP contribution in [0.4, 0.5) is 5.69 Å². The Hall–Kier alpha value is -1.62. The topological polar surface area (TPSA) is 64.4 Å². The molecule has 0 bridgehead atoms. The summed E-state index contributed by atoms with van der Waals surface area (Å²) in [6.45, 7) is 2.56. The van der Waals surface area contributed by atoms with Crippen LogP contribution in [0.25, 0.3) is 0 Å². The van der Waals surface area contributed by atoms with Crippen molar-refractivity contribution < 1.29 is 9.66 Å². The Bertz CT molecular complexity index is 461. The van der Waals surface area contributed by atoms with E-state index in [1.54, 1.807) is 12.1 Å². The van der Waals surface area contributed by atoms with Gasteiger partial charge in [0.2, 0.25) is 0 Å². The zero-order valence-electron chi connectivity index (χ0n) is 9.44. The van der Waals surface area contributed by atoms with Crippen LogP contribution in [-0.2, 0) is 5.41 Å². The lowest BCUT2D eigenvalue weighted by Crippen LogP contribution is -2.40. The molecule has 1 aromatic rings. The molecular weight excluding hydrogens is 220 g/mol. The molecule has 2 aliphatic rings. The second kappa shape index (κ2) is 3.70. The van der Waals surface area contributed by atoms with Crippen LogP contribution in [0.1, 0.15) is 18.4 Å². The quantitative estimate of drug-likeness (QED) is 0.592. The Morgan fingerprint density at radius 1 is 1.35 bits per heavy atom. The Labute approximate surface area is 98.9 Å². The molecule has 1 saturated heterocycles. The van der Waals surface area contributed by atoms with Crippen LogP contribution in [-0.4, -0.2) is 24.6 Å². The molecule has 0 radical (unpaired) electrons. The van der Waals surface area contributed by atoms with E-state index < -0.39 is 0 Å². The number of hydrogen-bond acceptors (Lipinski definition) is 4. The van der Waals surface area contributed by atoms with Gasteiger partial charge in [0, 0.05) is 23.1 Å². The number of nitrogens with zero attached hydrogens (tertiary/aromatic N) is 1. The second-order valence-electron chi connectivity index (χ2n) is 4.76. The minimum Gasteiger partial charge on any atom is -0.492 e. The van der Waals surface area contributed by atoms with Crippen LogP contribution in [0.5, 0.6) is 5.75 Å². The highest BCUT2D eigenvalue weighted by atomic mass is 16.6. The number of piperidine rings is 1. The summed E-state index contributed by atoms with van der Waals surface area (Å²) < 4.78 is 5.68. The fourth-order valence-electron chi connectivity index (χ4n) is 2.78. The van der Waals surface area contributed by atoms with E-state index in [9.17, 15) is 10.1 Å². The van der Waals surface area contributed by atoms with Crippen LogP contribution < -0.4 is 10.1 Å². The van der Waals surface area contributed by atoms with Gasteiger partial charge in [-0.25, -0.2) is 0 Å². The molecule has 0 aromatic heterocycles. The monoisotopic (exact) mass is 234 g/mol. The first-order valence-corrected chi connectivity index (χ1v) is 5.84. The zero-order chi connectivity index (χ0) is 11.9. The van der Waals surface area contributed by atoms with Gasteiger partial charge < -0.3 is 10.1 Å². The van der Waals surface area contributed by atoms with Crippen molar-refractivity contribution in [3.05, 3.63) is 33.9 Å². The summed E-state index contributed by atoms with van der Waals surface area (Å²) in [5, 5.41) is 14.1. The molecule has 0 aliphatic carbocycles. The fourth-order valence-corrected chi connectivity index (χ4v) is 2.78. The first kappa shape index (κ1) is 10.5. The van der Waals surface area contributed by atoms with E-state index in [-0.39, 0.29) is 16.0 Å². The number of fused-ring (bicyclic) bond motifs is 2. The molecule has 2 heterocycles. The van der Waals surface area contributed by atoms with Crippen molar-refractivity contribution >= 4 is 5.69 Å².